The van der Waals surface area contributed by atoms with Crippen LogP contribution in [0.4, 0.5) is 0 Å². The van der Waals surface area contributed by atoms with Crippen LogP contribution in [0.5, 0.6) is 0 Å². The third kappa shape index (κ3) is 2.00. The zero-order chi connectivity index (χ0) is 16.5. The van der Waals surface area contributed by atoms with Crippen LogP contribution in [0.15, 0.2) is 0 Å². The number of hydrogen-bond donors (Lipinski definition) is 0. The van der Waals surface area contributed by atoms with Crippen LogP contribution in [-0.2, 0) is 9.53 Å². The number of ether oxygens (including phenoxy) is 1. The van der Waals surface area contributed by atoms with E-state index in [-0.39, 0.29) is 5.60 Å². The van der Waals surface area contributed by atoms with E-state index in [0.717, 1.165) is 37.0 Å². The molecular weight excluding hydrogens is 284 g/mol. The van der Waals surface area contributed by atoms with Crippen molar-refractivity contribution in [2.45, 2.75) is 84.2 Å². The van der Waals surface area contributed by atoms with Crippen LogP contribution < -0.4 is 0 Å². The van der Waals surface area contributed by atoms with Gasteiger partial charge in [-0.1, -0.05) is 13.8 Å². The lowest BCUT2D eigenvalue weighted by Gasteiger charge is -2.61. The molecule has 2 nitrogen and oxygen atoms in total. The number of hydrogen-bond acceptors (Lipinski definition) is 2. The molecule has 4 fully saturated rings. The van der Waals surface area contributed by atoms with E-state index in [1.165, 1.54) is 38.5 Å². The standard InChI is InChI=1S/C21H34O2/c1-19-10-7-15(22)13-14(19)5-6-16-17(19)8-11-20(2)18(16)9-12-21(20,3)23-4/h14,16-18H,5-13H2,1-4H3/t14-,16+,17+,18+,19-,20-,21-/m0/s1. The molecule has 0 N–H and O–H groups in total. The topological polar surface area (TPSA) is 26.3 Å². The van der Waals surface area contributed by atoms with Gasteiger partial charge in [0, 0.05) is 20.0 Å². The summed E-state index contributed by atoms with van der Waals surface area (Å²) in [7, 11) is 1.92. The number of Topliss-reactive ketones (excluding diaryl/α,β-unsaturated/α-hetero) is 1. The van der Waals surface area contributed by atoms with Gasteiger partial charge < -0.3 is 4.74 Å². The lowest BCUT2D eigenvalue weighted by molar-refractivity contribution is -0.160. The number of fused-ring (bicyclic) bond motifs is 5. The van der Waals surface area contributed by atoms with E-state index < -0.39 is 0 Å². The molecule has 0 heterocycles. The van der Waals surface area contributed by atoms with Gasteiger partial charge in [-0.3, -0.25) is 4.79 Å². The second kappa shape index (κ2) is 5.07. The first-order valence-electron chi connectivity index (χ1n) is 9.91. The monoisotopic (exact) mass is 318 g/mol. The molecule has 0 aromatic rings. The zero-order valence-electron chi connectivity index (χ0n) is 15.5. The normalized spacial score (nSPS) is 55.9. The van der Waals surface area contributed by atoms with E-state index in [4.69, 9.17) is 4.74 Å². The average molecular weight is 319 g/mol. The Morgan fingerprint density at radius 2 is 1.70 bits per heavy atom. The third-order valence-electron chi connectivity index (χ3n) is 9.46. The number of methoxy groups -OCH3 is 1. The van der Waals surface area contributed by atoms with E-state index in [1.54, 1.807) is 0 Å². The molecule has 23 heavy (non-hydrogen) atoms. The lowest BCUT2D eigenvalue weighted by atomic mass is 9.44. The first kappa shape index (κ1) is 16.1. The van der Waals surface area contributed by atoms with E-state index in [9.17, 15) is 4.79 Å². The van der Waals surface area contributed by atoms with Gasteiger partial charge in [-0.2, -0.15) is 0 Å². The second-order valence-electron chi connectivity index (χ2n) is 9.83. The predicted molar refractivity (Wildman–Crippen MR) is 92.1 cm³/mol. The summed E-state index contributed by atoms with van der Waals surface area (Å²) in [6.45, 7) is 7.41. The Labute approximate surface area is 141 Å². The molecule has 0 aromatic heterocycles. The molecule has 0 aromatic carbocycles. The fourth-order valence-corrected chi connectivity index (χ4v) is 7.61. The number of ketones is 1. The number of rotatable bonds is 1. The van der Waals surface area contributed by atoms with Crippen LogP contribution in [0.3, 0.4) is 0 Å². The first-order chi connectivity index (χ1) is 10.8. The van der Waals surface area contributed by atoms with Crippen LogP contribution in [-0.4, -0.2) is 18.5 Å². The van der Waals surface area contributed by atoms with Gasteiger partial charge in [-0.25, -0.2) is 0 Å². The first-order valence-corrected chi connectivity index (χ1v) is 9.91. The highest BCUT2D eigenvalue weighted by molar-refractivity contribution is 5.79. The van der Waals surface area contributed by atoms with Crippen molar-refractivity contribution in [2.24, 2.45) is 34.5 Å². The van der Waals surface area contributed by atoms with Gasteiger partial charge in [0.05, 0.1) is 5.60 Å². The van der Waals surface area contributed by atoms with Crippen LogP contribution in [0.25, 0.3) is 0 Å². The van der Waals surface area contributed by atoms with Crippen molar-refractivity contribution >= 4 is 5.78 Å². The summed E-state index contributed by atoms with van der Waals surface area (Å²) < 4.78 is 6.05. The molecular formula is C21H34O2. The van der Waals surface area contributed by atoms with Crippen LogP contribution in [0.1, 0.15) is 78.6 Å². The Bertz CT molecular complexity index is 514. The minimum atomic E-state index is 0.0723. The van der Waals surface area contributed by atoms with Crippen LogP contribution in [0.2, 0.25) is 0 Å². The molecule has 4 aliphatic rings. The van der Waals surface area contributed by atoms with E-state index in [1.807, 2.05) is 7.11 Å². The Hall–Kier alpha value is -0.370. The molecule has 130 valence electrons. The molecule has 7 atom stereocenters. The van der Waals surface area contributed by atoms with Gasteiger partial charge in [-0.05, 0) is 86.4 Å². The minimum absolute atomic E-state index is 0.0723. The van der Waals surface area contributed by atoms with Gasteiger partial charge >= 0.3 is 0 Å². The highest BCUT2D eigenvalue weighted by atomic mass is 16.5. The summed E-state index contributed by atoms with van der Waals surface area (Å²) in [5.41, 5.74) is 0.865. The largest absolute Gasteiger partial charge is 0.378 e. The summed E-state index contributed by atoms with van der Waals surface area (Å²) in [5, 5.41) is 0. The zero-order valence-corrected chi connectivity index (χ0v) is 15.5. The Balaban J connectivity index is 1.64. The fraction of sp³-hybridized carbons (Fsp3) is 0.952. The number of carbonyl (C=O) groups is 1. The third-order valence-corrected chi connectivity index (χ3v) is 9.46. The number of carbonyl (C=O) groups excluding carboxylic acids is 1. The van der Waals surface area contributed by atoms with Crippen molar-refractivity contribution in [3.8, 4) is 0 Å². The van der Waals surface area contributed by atoms with E-state index in [2.05, 4.69) is 20.8 Å². The highest BCUT2D eigenvalue weighted by Crippen LogP contribution is 2.68. The summed E-state index contributed by atoms with van der Waals surface area (Å²) >= 11 is 0. The van der Waals surface area contributed by atoms with Gasteiger partial charge in [0.25, 0.3) is 0 Å². The highest BCUT2D eigenvalue weighted by Gasteiger charge is 2.63. The Kier molecular flexibility index (Phi) is 3.55. The maximum atomic E-state index is 12.0. The summed E-state index contributed by atoms with van der Waals surface area (Å²) in [4.78, 5) is 12.0. The summed E-state index contributed by atoms with van der Waals surface area (Å²) in [5.74, 6) is 3.76. The van der Waals surface area contributed by atoms with Crippen molar-refractivity contribution in [3.63, 3.8) is 0 Å². The van der Waals surface area contributed by atoms with Gasteiger partial charge in [0.1, 0.15) is 5.78 Å². The van der Waals surface area contributed by atoms with Crippen LogP contribution in [0, 0.1) is 34.5 Å². The fourth-order valence-electron chi connectivity index (χ4n) is 7.61. The molecule has 0 spiro atoms. The van der Waals surface area contributed by atoms with Crippen molar-refractivity contribution in [1.82, 2.24) is 0 Å². The SMILES string of the molecule is CO[C@@]1(C)CC[C@@H]2[C@@H]3CC[C@H]4CC(=O)CC[C@]4(C)[C@@H]3CC[C@@]21C. The van der Waals surface area contributed by atoms with Crippen molar-refractivity contribution < 1.29 is 9.53 Å². The molecule has 0 unspecified atom stereocenters. The predicted octanol–water partition coefficient (Wildman–Crippen LogP) is 5.00. The maximum Gasteiger partial charge on any atom is 0.133 e. The molecule has 0 amide bonds. The van der Waals surface area contributed by atoms with Crippen molar-refractivity contribution in [1.29, 1.82) is 0 Å². The maximum absolute atomic E-state index is 12.0. The minimum Gasteiger partial charge on any atom is -0.378 e. The van der Waals surface area contributed by atoms with E-state index in [0.29, 0.717) is 22.5 Å². The lowest BCUT2D eigenvalue weighted by Crippen LogP contribution is -2.56. The molecule has 0 saturated heterocycles. The summed E-state index contributed by atoms with van der Waals surface area (Å²) in [6.07, 6.45) is 10.8. The molecule has 0 radical (unpaired) electrons. The van der Waals surface area contributed by atoms with Gasteiger partial charge in [0.15, 0.2) is 0 Å². The molecule has 0 aliphatic heterocycles. The summed E-state index contributed by atoms with van der Waals surface area (Å²) in [6, 6.07) is 0. The van der Waals surface area contributed by atoms with Crippen LogP contribution >= 0.6 is 0 Å². The van der Waals surface area contributed by atoms with Gasteiger partial charge in [0.2, 0.25) is 0 Å². The molecule has 4 rings (SSSR count). The molecule has 4 aliphatic carbocycles. The Morgan fingerprint density at radius 3 is 2.43 bits per heavy atom. The molecule has 2 heteroatoms. The molecule has 4 saturated carbocycles. The quantitative estimate of drug-likeness (QED) is 0.680. The van der Waals surface area contributed by atoms with E-state index >= 15 is 0 Å². The average Bonchev–Trinajstić information content (AvgIpc) is 2.80. The van der Waals surface area contributed by atoms with Crippen molar-refractivity contribution in [3.05, 3.63) is 0 Å². The van der Waals surface area contributed by atoms with Crippen molar-refractivity contribution in [2.75, 3.05) is 7.11 Å². The second-order valence-corrected chi connectivity index (χ2v) is 9.83. The Morgan fingerprint density at radius 1 is 0.957 bits per heavy atom. The molecule has 0 bridgehead atoms. The van der Waals surface area contributed by atoms with Gasteiger partial charge in [-0.15, -0.1) is 0 Å². The smallest absolute Gasteiger partial charge is 0.133 e.